The van der Waals surface area contributed by atoms with Crippen molar-refractivity contribution in [3.05, 3.63) is 113 Å². The molecule has 11 heteroatoms. The van der Waals surface area contributed by atoms with E-state index in [2.05, 4.69) is 4.99 Å². The van der Waals surface area contributed by atoms with E-state index in [-0.39, 0.29) is 23.4 Å². The number of aryl methyl sites for hydroxylation is 1. The van der Waals surface area contributed by atoms with Crippen molar-refractivity contribution < 1.29 is 23.6 Å². The number of aromatic nitrogens is 1. The summed E-state index contributed by atoms with van der Waals surface area (Å²) in [4.78, 5) is 42.9. The summed E-state index contributed by atoms with van der Waals surface area (Å²) < 4.78 is 19.1. The smallest absolute Gasteiger partial charge is 0.338 e. The number of nitro benzene ring substituents is 1. The van der Waals surface area contributed by atoms with Gasteiger partial charge in [-0.15, -0.1) is 0 Å². The third kappa shape index (κ3) is 5.23. The van der Waals surface area contributed by atoms with Crippen LogP contribution in [-0.2, 0) is 9.53 Å². The molecule has 0 aliphatic carbocycles. The average Bonchev–Trinajstić information content (AvgIpc) is 3.53. The summed E-state index contributed by atoms with van der Waals surface area (Å²) in [6, 6.07) is 14.4. The Hall–Kier alpha value is -4.77. The van der Waals surface area contributed by atoms with Crippen LogP contribution in [0.5, 0.6) is 5.75 Å². The largest absolute Gasteiger partial charge is 0.494 e. The topological polar surface area (TPSA) is 126 Å². The number of allylic oxidation sites excluding steroid dienone is 1. The molecule has 0 amide bonds. The Balaban J connectivity index is 1.65. The highest BCUT2D eigenvalue weighted by Gasteiger charge is 2.35. The summed E-state index contributed by atoms with van der Waals surface area (Å²) in [7, 11) is 0. The van der Waals surface area contributed by atoms with Crippen molar-refractivity contribution in [3.63, 3.8) is 0 Å². The van der Waals surface area contributed by atoms with Crippen molar-refractivity contribution in [2.75, 3.05) is 13.2 Å². The van der Waals surface area contributed by atoms with Crippen LogP contribution in [-0.4, -0.2) is 28.7 Å². The van der Waals surface area contributed by atoms with Crippen molar-refractivity contribution in [2.45, 2.75) is 33.7 Å². The normalized spacial score (nSPS) is 14.9. The molecular formula is C30H27N3O7S. The maximum atomic E-state index is 13.9. The van der Waals surface area contributed by atoms with E-state index in [0.717, 1.165) is 5.56 Å². The number of fused-ring (bicyclic) bond motifs is 1. The molecule has 1 aliphatic heterocycles. The second-order valence-corrected chi connectivity index (χ2v) is 10.2. The van der Waals surface area contributed by atoms with Gasteiger partial charge in [-0.1, -0.05) is 35.6 Å². The molecule has 0 saturated carbocycles. The quantitative estimate of drug-likeness (QED) is 0.170. The number of carbonyl (C=O) groups excluding carboxylic acids is 1. The second-order valence-electron chi connectivity index (χ2n) is 9.23. The van der Waals surface area contributed by atoms with E-state index in [1.807, 2.05) is 32.0 Å². The molecule has 0 unspecified atom stereocenters. The molecule has 4 aromatic rings. The van der Waals surface area contributed by atoms with E-state index >= 15 is 0 Å². The van der Waals surface area contributed by atoms with Gasteiger partial charge in [-0.25, -0.2) is 9.79 Å². The molecule has 10 nitrogen and oxygen atoms in total. The lowest BCUT2D eigenvalue weighted by Gasteiger charge is -2.26. The second kappa shape index (κ2) is 11.4. The van der Waals surface area contributed by atoms with E-state index in [4.69, 9.17) is 13.9 Å². The number of hydrogen-bond acceptors (Lipinski definition) is 9. The van der Waals surface area contributed by atoms with Gasteiger partial charge in [0.2, 0.25) is 0 Å². The number of thiazole rings is 1. The molecule has 0 bridgehead atoms. The van der Waals surface area contributed by atoms with Gasteiger partial charge < -0.3 is 13.9 Å². The summed E-state index contributed by atoms with van der Waals surface area (Å²) in [5.41, 5.74) is 2.35. The van der Waals surface area contributed by atoms with Gasteiger partial charge in [0, 0.05) is 29.3 Å². The molecule has 1 aliphatic rings. The minimum atomic E-state index is -0.810. The molecule has 3 heterocycles. The predicted octanol–water partition coefficient (Wildman–Crippen LogP) is 4.67. The highest BCUT2D eigenvalue weighted by Crippen LogP contribution is 2.36. The van der Waals surface area contributed by atoms with Gasteiger partial charge in [0.1, 0.15) is 23.3 Å². The van der Waals surface area contributed by atoms with Crippen LogP contribution in [0, 0.1) is 17.0 Å². The Labute approximate surface area is 238 Å². The van der Waals surface area contributed by atoms with Gasteiger partial charge in [0.05, 0.1) is 33.9 Å². The molecule has 0 spiro atoms. The molecule has 2 aromatic heterocycles. The first-order chi connectivity index (χ1) is 19.7. The number of nitrogens with zero attached hydrogens (tertiary/aromatic N) is 3. The molecule has 0 radical (unpaired) electrons. The lowest BCUT2D eigenvalue weighted by atomic mass is 9.95. The third-order valence-electron chi connectivity index (χ3n) is 6.63. The number of furan rings is 1. The number of carbonyl (C=O) groups is 1. The average molecular weight is 574 g/mol. The number of para-hydroxylation sites is 1. The number of benzene rings is 2. The third-order valence-corrected chi connectivity index (χ3v) is 7.61. The summed E-state index contributed by atoms with van der Waals surface area (Å²) in [5.74, 6) is 0.828. The Morgan fingerprint density at radius 2 is 1.93 bits per heavy atom. The zero-order valence-electron chi connectivity index (χ0n) is 22.9. The van der Waals surface area contributed by atoms with Crippen molar-refractivity contribution >= 4 is 29.1 Å². The van der Waals surface area contributed by atoms with Crippen LogP contribution in [0.2, 0.25) is 0 Å². The Morgan fingerprint density at radius 1 is 1.15 bits per heavy atom. The highest BCUT2D eigenvalue weighted by atomic mass is 32.1. The highest BCUT2D eigenvalue weighted by molar-refractivity contribution is 7.07. The van der Waals surface area contributed by atoms with Crippen molar-refractivity contribution in [2.24, 2.45) is 4.99 Å². The van der Waals surface area contributed by atoms with Crippen LogP contribution in [0.3, 0.4) is 0 Å². The Kier molecular flexibility index (Phi) is 7.71. The van der Waals surface area contributed by atoms with Gasteiger partial charge in [-0.2, -0.15) is 0 Å². The number of esters is 1. The van der Waals surface area contributed by atoms with Crippen LogP contribution < -0.4 is 19.6 Å². The summed E-state index contributed by atoms with van der Waals surface area (Å²) in [6.07, 6.45) is 1.61. The monoisotopic (exact) mass is 573 g/mol. The first kappa shape index (κ1) is 27.8. The number of rotatable bonds is 8. The zero-order valence-corrected chi connectivity index (χ0v) is 23.7. The van der Waals surface area contributed by atoms with Gasteiger partial charge in [-0.3, -0.25) is 19.5 Å². The van der Waals surface area contributed by atoms with Crippen LogP contribution in [0.1, 0.15) is 43.7 Å². The standard InChI is InChI=1S/C30H27N3O7S/c1-5-38-23-10-8-7-9-21(23)27-26(29(35)39-6-2)18(4)31-30-32(27)28(34)25(41-30)16-20-13-14-24(40-20)22-15-19(33(36)37)12-11-17(22)3/h7-16,27H,5-6H2,1-4H3/b25-16-/t27-/m0/s1. The molecule has 41 heavy (non-hydrogen) atoms. The fourth-order valence-electron chi connectivity index (χ4n) is 4.77. The van der Waals surface area contributed by atoms with Crippen molar-refractivity contribution in [1.82, 2.24) is 4.57 Å². The molecule has 0 saturated heterocycles. The summed E-state index contributed by atoms with van der Waals surface area (Å²) >= 11 is 1.17. The zero-order chi connectivity index (χ0) is 29.3. The lowest BCUT2D eigenvalue weighted by molar-refractivity contribution is -0.384. The van der Waals surface area contributed by atoms with Gasteiger partial charge in [-0.05, 0) is 51.5 Å². The fourth-order valence-corrected chi connectivity index (χ4v) is 5.80. The molecule has 0 fully saturated rings. The van der Waals surface area contributed by atoms with Crippen LogP contribution in [0.25, 0.3) is 17.4 Å². The van der Waals surface area contributed by atoms with Crippen LogP contribution in [0.4, 0.5) is 5.69 Å². The van der Waals surface area contributed by atoms with E-state index in [9.17, 15) is 19.7 Å². The fraction of sp³-hybridized carbons (Fsp3) is 0.233. The number of non-ortho nitro benzene ring substituents is 1. The van der Waals surface area contributed by atoms with Gasteiger partial charge in [0.15, 0.2) is 4.80 Å². The Morgan fingerprint density at radius 3 is 2.66 bits per heavy atom. The van der Waals surface area contributed by atoms with Crippen molar-refractivity contribution in [1.29, 1.82) is 0 Å². The molecule has 1 atom stereocenters. The van der Waals surface area contributed by atoms with Crippen LogP contribution in [0.15, 0.2) is 80.1 Å². The first-order valence-electron chi connectivity index (χ1n) is 13.0. The van der Waals surface area contributed by atoms with E-state index in [1.165, 1.54) is 28.0 Å². The van der Waals surface area contributed by atoms with E-state index < -0.39 is 16.9 Å². The first-order valence-corrected chi connectivity index (χ1v) is 13.8. The van der Waals surface area contributed by atoms with E-state index in [0.29, 0.717) is 50.0 Å². The minimum absolute atomic E-state index is 0.0445. The molecule has 210 valence electrons. The molecular weight excluding hydrogens is 546 g/mol. The minimum Gasteiger partial charge on any atom is -0.494 e. The van der Waals surface area contributed by atoms with Crippen molar-refractivity contribution in [3.8, 4) is 17.1 Å². The number of hydrogen-bond donors (Lipinski definition) is 0. The molecule has 0 N–H and O–H groups in total. The lowest BCUT2D eigenvalue weighted by Crippen LogP contribution is -2.40. The summed E-state index contributed by atoms with van der Waals surface area (Å²) in [5, 5.41) is 11.3. The molecule has 5 rings (SSSR count). The Bertz CT molecular complexity index is 1880. The number of ether oxygens (including phenoxy) is 2. The molecule has 2 aromatic carbocycles. The predicted molar refractivity (Wildman–Crippen MR) is 154 cm³/mol. The van der Waals surface area contributed by atoms with Crippen LogP contribution >= 0.6 is 11.3 Å². The maximum absolute atomic E-state index is 13.9. The SMILES string of the molecule is CCOC(=O)C1=C(C)N=c2s/c(=C\c3ccc(-c4cc([N+](=O)[O-])ccc4C)o3)c(=O)n2[C@H]1c1ccccc1OCC. The summed E-state index contributed by atoms with van der Waals surface area (Å²) in [6.45, 7) is 7.72. The van der Waals surface area contributed by atoms with Gasteiger partial charge in [0.25, 0.3) is 11.2 Å². The number of nitro groups is 1. The van der Waals surface area contributed by atoms with Gasteiger partial charge >= 0.3 is 5.97 Å². The van der Waals surface area contributed by atoms with E-state index in [1.54, 1.807) is 44.2 Å². The maximum Gasteiger partial charge on any atom is 0.338 e.